The number of amides is 2. The highest BCUT2D eigenvalue weighted by Gasteiger charge is 2.14. The lowest BCUT2D eigenvalue weighted by Crippen LogP contribution is -2.38. The van der Waals surface area contributed by atoms with E-state index in [-0.39, 0.29) is 23.9 Å². The first-order chi connectivity index (χ1) is 11.0. The molecule has 0 aliphatic carbocycles. The van der Waals surface area contributed by atoms with Gasteiger partial charge in [-0.2, -0.15) is 0 Å². The van der Waals surface area contributed by atoms with Gasteiger partial charge in [-0.1, -0.05) is 12.1 Å². The second kappa shape index (κ2) is 7.58. The molecule has 0 saturated carbocycles. The maximum absolute atomic E-state index is 13.7. The molecule has 2 atom stereocenters. The van der Waals surface area contributed by atoms with Gasteiger partial charge >= 0.3 is 6.03 Å². The number of halogens is 1. The second-order valence-electron chi connectivity index (χ2n) is 5.21. The number of nitrogens with zero attached hydrogens (tertiary/aromatic N) is 1. The van der Waals surface area contributed by atoms with Gasteiger partial charge in [0.25, 0.3) is 0 Å². The number of aromatic nitrogens is 1. The number of hydrogen-bond donors (Lipinski definition) is 2. The molecule has 0 unspecified atom stereocenters. The van der Waals surface area contributed by atoms with Crippen LogP contribution in [-0.2, 0) is 0 Å². The van der Waals surface area contributed by atoms with Crippen LogP contribution in [-0.4, -0.2) is 18.1 Å². The number of ether oxygens (including phenoxy) is 1. The molecule has 0 spiro atoms. The van der Waals surface area contributed by atoms with E-state index in [1.165, 1.54) is 19.2 Å². The van der Waals surface area contributed by atoms with Crippen molar-refractivity contribution in [1.29, 1.82) is 0 Å². The van der Waals surface area contributed by atoms with Crippen molar-refractivity contribution in [3.63, 3.8) is 0 Å². The highest BCUT2D eigenvalue weighted by Crippen LogP contribution is 2.21. The van der Waals surface area contributed by atoms with E-state index in [0.29, 0.717) is 5.56 Å². The molecule has 5 nitrogen and oxygen atoms in total. The Morgan fingerprint density at radius 2 is 1.91 bits per heavy atom. The summed E-state index contributed by atoms with van der Waals surface area (Å²) in [5.41, 5.74) is 1.43. The highest BCUT2D eigenvalue weighted by molar-refractivity contribution is 5.74. The van der Waals surface area contributed by atoms with Crippen LogP contribution in [0.4, 0.5) is 9.18 Å². The third-order valence-electron chi connectivity index (χ3n) is 3.50. The summed E-state index contributed by atoms with van der Waals surface area (Å²) < 4.78 is 18.6. The van der Waals surface area contributed by atoms with Crippen molar-refractivity contribution < 1.29 is 13.9 Å². The van der Waals surface area contributed by atoms with E-state index in [9.17, 15) is 9.18 Å². The fourth-order valence-corrected chi connectivity index (χ4v) is 2.18. The van der Waals surface area contributed by atoms with Crippen LogP contribution in [0.15, 0.2) is 42.6 Å². The molecule has 2 N–H and O–H groups in total. The van der Waals surface area contributed by atoms with Crippen molar-refractivity contribution in [2.24, 2.45) is 0 Å². The average molecular weight is 317 g/mol. The van der Waals surface area contributed by atoms with Crippen molar-refractivity contribution in [2.75, 3.05) is 7.11 Å². The Balaban J connectivity index is 1.95. The lowest BCUT2D eigenvalue weighted by molar-refractivity contribution is 0.234. The zero-order valence-corrected chi connectivity index (χ0v) is 13.3. The van der Waals surface area contributed by atoms with Crippen LogP contribution < -0.4 is 15.4 Å². The number of urea groups is 1. The van der Waals surface area contributed by atoms with Gasteiger partial charge in [0.15, 0.2) is 11.6 Å². The number of carbonyl (C=O) groups excluding carboxylic acids is 1. The summed E-state index contributed by atoms with van der Waals surface area (Å²) in [6.45, 7) is 3.63. The quantitative estimate of drug-likeness (QED) is 0.889. The van der Waals surface area contributed by atoms with E-state index in [2.05, 4.69) is 15.6 Å². The van der Waals surface area contributed by atoms with Crippen LogP contribution in [0.2, 0.25) is 0 Å². The Labute approximate surface area is 134 Å². The van der Waals surface area contributed by atoms with Gasteiger partial charge in [0.2, 0.25) is 0 Å². The molecule has 1 aromatic heterocycles. The minimum absolute atomic E-state index is 0.175. The number of carbonyl (C=O) groups is 1. The predicted octanol–water partition coefficient (Wildman–Crippen LogP) is 3.35. The van der Waals surface area contributed by atoms with Crippen molar-refractivity contribution in [3.05, 3.63) is 59.7 Å². The van der Waals surface area contributed by atoms with Crippen LogP contribution in [0.3, 0.4) is 0 Å². The monoisotopic (exact) mass is 317 g/mol. The number of methoxy groups -OCH3 is 1. The highest BCUT2D eigenvalue weighted by atomic mass is 19.1. The van der Waals surface area contributed by atoms with Crippen LogP contribution in [0.1, 0.15) is 37.2 Å². The van der Waals surface area contributed by atoms with E-state index in [1.807, 2.05) is 25.1 Å². The van der Waals surface area contributed by atoms with Gasteiger partial charge < -0.3 is 15.4 Å². The Bertz CT molecular complexity index is 664. The lowest BCUT2D eigenvalue weighted by atomic mass is 10.1. The van der Waals surface area contributed by atoms with Crippen molar-refractivity contribution in [2.45, 2.75) is 25.9 Å². The van der Waals surface area contributed by atoms with E-state index in [1.54, 1.807) is 19.2 Å². The largest absolute Gasteiger partial charge is 0.494 e. The Hall–Kier alpha value is -2.63. The number of benzene rings is 1. The molecule has 6 heteroatoms. The van der Waals surface area contributed by atoms with Gasteiger partial charge in [-0.3, -0.25) is 4.98 Å². The molecule has 1 heterocycles. The maximum atomic E-state index is 13.7. The SMILES string of the molecule is COc1ccc([C@H](C)NC(=O)N[C@@H](C)c2ccccn2)cc1F. The molecule has 0 bridgehead atoms. The van der Waals surface area contributed by atoms with Crippen LogP contribution in [0.25, 0.3) is 0 Å². The molecule has 23 heavy (non-hydrogen) atoms. The van der Waals surface area contributed by atoms with Gasteiger partial charge in [0.1, 0.15) is 0 Å². The summed E-state index contributed by atoms with van der Waals surface area (Å²) in [6, 6.07) is 9.22. The summed E-state index contributed by atoms with van der Waals surface area (Å²) >= 11 is 0. The number of nitrogens with one attached hydrogen (secondary N) is 2. The molecule has 2 aromatic rings. The van der Waals surface area contributed by atoms with Crippen LogP contribution in [0.5, 0.6) is 5.75 Å². The molecule has 2 amide bonds. The van der Waals surface area contributed by atoms with Crippen molar-refractivity contribution >= 4 is 6.03 Å². The molecule has 0 aliphatic rings. The summed E-state index contributed by atoms with van der Waals surface area (Å²) in [6.07, 6.45) is 1.67. The summed E-state index contributed by atoms with van der Waals surface area (Å²) in [7, 11) is 1.41. The zero-order valence-electron chi connectivity index (χ0n) is 13.3. The Morgan fingerprint density at radius 3 is 2.52 bits per heavy atom. The Morgan fingerprint density at radius 1 is 1.17 bits per heavy atom. The van der Waals surface area contributed by atoms with Crippen molar-refractivity contribution in [1.82, 2.24) is 15.6 Å². The van der Waals surface area contributed by atoms with Gasteiger partial charge in [-0.25, -0.2) is 9.18 Å². The summed E-state index contributed by atoms with van der Waals surface area (Å²) in [4.78, 5) is 16.2. The number of hydrogen-bond acceptors (Lipinski definition) is 3. The summed E-state index contributed by atoms with van der Waals surface area (Å²) in [5.74, 6) is -0.282. The minimum atomic E-state index is -0.457. The number of rotatable bonds is 5. The summed E-state index contributed by atoms with van der Waals surface area (Å²) in [5, 5.41) is 5.58. The molecule has 0 fully saturated rings. The second-order valence-corrected chi connectivity index (χ2v) is 5.21. The number of pyridine rings is 1. The van der Waals surface area contributed by atoms with Gasteiger partial charge in [-0.05, 0) is 43.7 Å². The van der Waals surface area contributed by atoms with Gasteiger partial charge in [-0.15, -0.1) is 0 Å². The maximum Gasteiger partial charge on any atom is 0.315 e. The molecule has 0 radical (unpaired) electrons. The molecule has 1 aromatic carbocycles. The predicted molar refractivity (Wildman–Crippen MR) is 85.7 cm³/mol. The smallest absolute Gasteiger partial charge is 0.315 e. The first kappa shape index (κ1) is 16.7. The molecular formula is C17H20FN3O2. The van der Waals surface area contributed by atoms with Crippen LogP contribution >= 0.6 is 0 Å². The Kier molecular flexibility index (Phi) is 5.51. The average Bonchev–Trinajstić information content (AvgIpc) is 2.55. The zero-order chi connectivity index (χ0) is 16.8. The normalized spacial score (nSPS) is 13.0. The van der Waals surface area contributed by atoms with Gasteiger partial charge in [0, 0.05) is 6.20 Å². The fraction of sp³-hybridized carbons (Fsp3) is 0.294. The van der Waals surface area contributed by atoms with Crippen molar-refractivity contribution in [3.8, 4) is 5.75 Å². The van der Waals surface area contributed by atoms with E-state index in [4.69, 9.17) is 4.74 Å². The molecule has 2 rings (SSSR count). The minimum Gasteiger partial charge on any atom is -0.494 e. The fourth-order valence-electron chi connectivity index (χ4n) is 2.18. The molecule has 122 valence electrons. The topological polar surface area (TPSA) is 63.2 Å². The third-order valence-corrected chi connectivity index (χ3v) is 3.50. The van der Waals surface area contributed by atoms with Crippen LogP contribution in [0, 0.1) is 5.82 Å². The molecule has 0 saturated heterocycles. The van der Waals surface area contributed by atoms with E-state index < -0.39 is 5.82 Å². The van der Waals surface area contributed by atoms with E-state index >= 15 is 0 Å². The third kappa shape index (κ3) is 4.42. The van der Waals surface area contributed by atoms with Gasteiger partial charge in [0.05, 0.1) is 24.9 Å². The molecule has 0 aliphatic heterocycles. The standard InChI is InChI=1S/C17H20FN3O2/c1-11(13-7-8-16(23-3)14(18)10-13)20-17(22)21-12(2)15-6-4-5-9-19-15/h4-12H,1-3H3,(H2,20,21,22)/t11-,12-/m0/s1. The first-order valence-electron chi connectivity index (χ1n) is 7.32. The van der Waals surface area contributed by atoms with E-state index in [0.717, 1.165) is 5.69 Å². The first-order valence-corrected chi connectivity index (χ1v) is 7.32. The lowest BCUT2D eigenvalue weighted by Gasteiger charge is -2.18. The molecular weight excluding hydrogens is 297 g/mol.